The van der Waals surface area contributed by atoms with E-state index >= 15 is 0 Å². The smallest absolute Gasteiger partial charge is 0.271 e. The van der Waals surface area contributed by atoms with Gasteiger partial charge in [0.25, 0.3) is 5.69 Å². The summed E-state index contributed by atoms with van der Waals surface area (Å²) in [6, 6.07) is 6.66. The number of rotatable bonds is 4. The van der Waals surface area contributed by atoms with Crippen LogP contribution < -0.4 is 10.6 Å². The van der Waals surface area contributed by atoms with Crippen molar-refractivity contribution >= 4 is 52.0 Å². The molecule has 6 nitrogen and oxygen atoms in total. The number of nitrogens with one attached hydrogen (secondary N) is 2. The molecule has 0 aliphatic carbocycles. The van der Waals surface area contributed by atoms with Crippen LogP contribution in [-0.2, 0) is 4.79 Å². The maximum atomic E-state index is 13.6. The Morgan fingerprint density at radius 3 is 2.83 bits per heavy atom. The Morgan fingerprint density at radius 2 is 2.17 bits per heavy atom. The highest BCUT2D eigenvalue weighted by Gasteiger charge is 2.12. The number of nitro benzene ring substituents is 1. The minimum absolute atomic E-state index is 0.162. The lowest BCUT2D eigenvalue weighted by Crippen LogP contribution is -2.33. The molecule has 0 unspecified atom stereocenters. The molecular formula is C14H10FN3O3S2. The number of nitro groups is 1. The number of nitrogens with zero attached hydrogens (tertiary/aromatic N) is 1. The predicted molar refractivity (Wildman–Crippen MR) is 90.8 cm³/mol. The Balaban J connectivity index is 1.98. The van der Waals surface area contributed by atoms with E-state index in [0.717, 1.165) is 23.1 Å². The van der Waals surface area contributed by atoms with Gasteiger partial charge < -0.3 is 5.32 Å². The first-order valence-corrected chi connectivity index (χ1v) is 7.52. The normalized spacial score (nSPS) is 10.5. The zero-order valence-corrected chi connectivity index (χ0v) is 13.1. The van der Waals surface area contributed by atoms with Gasteiger partial charge in [-0.25, -0.2) is 4.39 Å². The van der Waals surface area contributed by atoms with Crippen molar-refractivity contribution in [1.82, 2.24) is 5.32 Å². The quantitative estimate of drug-likeness (QED) is 0.382. The third-order valence-corrected chi connectivity index (χ3v) is 3.63. The average Bonchev–Trinajstić information content (AvgIpc) is 3.00. The molecule has 2 N–H and O–H groups in total. The zero-order valence-electron chi connectivity index (χ0n) is 11.5. The lowest BCUT2D eigenvalue weighted by atomic mass is 10.2. The summed E-state index contributed by atoms with van der Waals surface area (Å²) in [4.78, 5) is 22.6. The summed E-state index contributed by atoms with van der Waals surface area (Å²) in [5, 5.41) is 17.1. The number of carbonyl (C=O) groups excluding carboxylic acids is 1. The first-order valence-electron chi connectivity index (χ1n) is 6.23. The Labute approximate surface area is 139 Å². The third kappa shape index (κ3) is 4.94. The number of amides is 1. The fourth-order valence-corrected chi connectivity index (χ4v) is 2.40. The summed E-state index contributed by atoms with van der Waals surface area (Å²) in [6.07, 6.45) is 2.89. The van der Waals surface area contributed by atoms with Gasteiger partial charge in [-0.15, -0.1) is 11.3 Å². The van der Waals surface area contributed by atoms with Gasteiger partial charge in [0.2, 0.25) is 5.91 Å². The average molecular weight is 351 g/mol. The topological polar surface area (TPSA) is 84.3 Å². The van der Waals surface area contributed by atoms with Crippen LogP contribution in [0.5, 0.6) is 0 Å². The largest absolute Gasteiger partial charge is 0.330 e. The Bertz CT molecular complexity index is 776. The standard InChI is InChI=1S/C14H10FN3O3S2/c15-11-5-3-9(18(20)21)8-12(11)16-14(22)17-13(19)6-4-10-2-1-7-23-10/h1-8H,(H2,16,17,19,22)/b6-4+. The third-order valence-electron chi connectivity index (χ3n) is 2.59. The van der Waals surface area contributed by atoms with Gasteiger partial charge in [-0.05, 0) is 35.8 Å². The molecule has 0 fully saturated rings. The molecule has 1 aromatic carbocycles. The maximum absolute atomic E-state index is 13.6. The van der Waals surface area contributed by atoms with Crippen molar-refractivity contribution in [2.45, 2.75) is 0 Å². The van der Waals surface area contributed by atoms with E-state index in [1.54, 1.807) is 6.08 Å². The molecule has 0 aliphatic rings. The molecule has 1 aromatic heterocycles. The summed E-state index contributed by atoms with van der Waals surface area (Å²) in [5.41, 5.74) is -0.479. The highest BCUT2D eigenvalue weighted by atomic mass is 32.1. The predicted octanol–water partition coefficient (Wildman–Crippen LogP) is 3.32. The van der Waals surface area contributed by atoms with Crippen molar-refractivity contribution in [2.24, 2.45) is 0 Å². The number of benzene rings is 1. The van der Waals surface area contributed by atoms with E-state index < -0.39 is 16.6 Å². The number of thiocarbonyl (C=S) groups is 1. The van der Waals surface area contributed by atoms with Crippen molar-refractivity contribution in [1.29, 1.82) is 0 Å². The van der Waals surface area contributed by atoms with Gasteiger partial charge >= 0.3 is 0 Å². The SMILES string of the molecule is O=C(/C=C/c1cccs1)NC(=S)Nc1cc([N+](=O)[O-])ccc1F. The minimum Gasteiger partial charge on any atom is -0.330 e. The molecule has 2 aromatic rings. The van der Waals surface area contributed by atoms with Crippen LogP contribution in [0.4, 0.5) is 15.8 Å². The van der Waals surface area contributed by atoms with Crippen molar-refractivity contribution in [3.05, 3.63) is 62.6 Å². The van der Waals surface area contributed by atoms with Crippen molar-refractivity contribution in [3.8, 4) is 0 Å². The van der Waals surface area contributed by atoms with Gasteiger partial charge in [-0.2, -0.15) is 0 Å². The van der Waals surface area contributed by atoms with Crippen LogP contribution in [0, 0.1) is 15.9 Å². The molecule has 118 valence electrons. The van der Waals surface area contributed by atoms with Crippen LogP contribution in [0.2, 0.25) is 0 Å². The number of hydrogen-bond donors (Lipinski definition) is 2. The van der Waals surface area contributed by atoms with Crippen molar-refractivity contribution < 1.29 is 14.1 Å². The Hall–Kier alpha value is -2.65. The van der Waals surface area contributed by atoms with Crippen LogP contribution in [-0.4, -0.2) is 15.9 Å². The number of halogens is 1. The number of carbonyl (C=O) groups is 1. The summed E-state index contributed by atoms with van der Waals surface area (Å²) in [7, 11) is 0. The van der Waals surface area contributed by atoms with Crippen LogP contribution in [0.15, 0.2) is 41.8 Å². The van der Waals surface area contributed by atoms with E-state index in [2.05, 4.69) is 10.6 Å². The highest BCUT2D eigenvalue weighted by Crippen LogP contribution is 2.21. The number of non-ortho nitro benzene ring substituents is 1. The molecule has 1 amide bonds. The van der Waals surface area contributed by atoms with Gasteiger partial charge in [0.1, 0.15) is 5.82 Å². The van der Waals surface area contributed by atoms with Crippen LogP contribution in [0.1, 0.15) is 4.88 Å². The van der Waals surface area contributed by atoms with Gasteiger partial charge in [-0.3, -0.25) is 20.2 Å². The van der Waals surface area contributed by atoms with Crippen molar-refractivity contribution in [3.63, 3.8) is 0 Å². The molecule has 0 spiro atoms. The fraction of sp³-hybridized carbons (Fsp3) is 0. The summed E-state index contributed by atoms with van der Waals surface area (Å²) in [5.74, 6) is -1.22. The summed E-state index contributed by atoms with van der Waals surface area (Å²) in [6.45, 7) is 0. The molecule has 0 saturated heterocycles. The molecule has 9 heteroatoms. The zero-order chi connectivity index (χ0) is 16.8. The second-order valence-electron chi connectivity index (χ2n) is 4.21. The number of thiophene rings is 1. The molecule has 0 atom stereocenters. The monoisotopic (exact) mass is 351 g/mol. The van der Waals surface area contributed by atoms with Crippen LogP contribution >= 0.6 is 23.6 Å². The second kappa shape index (κ2) is 7.56. The summed E-state index contributed by atoms with van der Waals surface area (Å²) < 4.78 is 13.6. The first-order chi connectivity index (χ1) is 11.0. The Kier molecular flexibility index (Phi) is 5.50. The second-order valence-corrected chi connectivity index (χ2v) is 5.60. The van der Waals surface area contributed by atoms with Gasteiger partial charge in [0, 0.05) is 23.1 Å². The minimum atomic E-state index is -0.721. The maximum Gasteiger partial charge on any atom is 0.271 e. The van der Waals surface area contributed by atoms with Gasteiger partial charge in [0.15, 0.2) is 5.11 Å². The van der Waals surface area contributed by atoms with Crippen molar-refractivity contribution in [2.75, 3.05) is 5.32 Å². The number of anilines is 1. The van der Waals surface area contributed by atoms with E-state index in [4.69, 9.17) is 12.2 Å². The number of hydrogen-bond acceptors (Lipinski definition) is 5. The van der Waals surface area contributed by atoms with E-state index in [9.17, 15) is 19.3 Å². The molecule has 23 heavy (non-hydrogen) atoms. The first kappa shape index (κ1) is 16.7. The molecule has 0 radical (unpaired) electrons. The molecule has 1 heterocycles. The highest BCUT2D eigenvalue weighted by molar-refractivity contribution is 7.80. The molecule has 0 bridgehead atoms. The fourth-order valence-electron chi connectivity index (χ4n) is 1.57. The van der Waals surface area contributed by atoms with Crippen LogP contribution in [0.25, 0.3) is 6.08 Å². The molecule has 2 rings (SSSR count). The molecule has 0 aliphatic heterocycles. The molecule has 0 saturated carbocycles. The van der Waals surface area contributed by atoms with E-state index in [-0.39, 0.29) is 16.5 Å². The van der Waals surface area contributed by atoms with Gasteiger partial charge in [-0.1, -0.05) is 6.07 Å². The Morgan fingerprint density at radius 1 is 1.39 bits per heavy atom. The lowest BCUT2D eigenvalue weighted by molar-refractivity contribution is -0.384. The van der Waals surface area contributed by atoms with Gasteiger partial charge in [0.05, 0.1) is 10.6 Å². The molecular weight excluding hydrogens is 341 g/mol. The van der Waals surface area contributed by atoms with E-state index in [0.29, 0.717) is 0 Å². The summed E-state index contributed by atoms with van der Waals surface area (Å²) >= 11 is 6.35. The van der Waals surface area contributed by atoms with E-state index in [1.165, 1.54) is 17.4 Å². The van der Waals surface area contributed by atoms with E-state index in [1.807, 2.05) is 17.5 Å². The lowest BCUT2D eigenvalue weighted by Gasteiger charge is -2.08. The van der Waals surface area contributed by atoms with Crippen LogP contribution in [0.3, 0.4) is 0 Å².